The van der Waals surface area contributed by atoms with Crippen molar-refractivity contribution in [1.82, 2.24) is 0 Å². The van der Waals surface area contributed by atoms with Gasteiger partial charge in [-0.3, -0.25) is 0 Å². The summed E-state index contributed by atoms with van der Waals surface area (Å²) in [5.41, 5.74) is 1.85. The van der Waals surface area contributed by atoms with Crippen molar-refractivity contribution in [2.75, 3.05) is 0 Å². The predicted molar refractivity (Wildman–Crippen MR) is 86.5 cm³/mol. The smallest absolute Gasteiger partial charge is 0.338 e. The van der Waals surface area contributed by atoms with Crippen LogP contribution in [0.25, 0.3) is 11.1 Å². The molecule has 118 valence electrons. The number of ether oxygens (including phenoxy) is 1. The molecule has 0 aliphatic carbocycles. The van der Waals surface area contributed by atoms with Crippen LogP contribution >= 0.6 is 0 Å². The van der Waals surface area contributed by atoms with E-state index in [-0.39, 0.29) is 5.82 Å². The molecule has 2 aromatic carbocycles. The molecule has 2 rings (SSSR count). The Kier molecular flexibility index (Phi) is 4.51. The van der Waals surface area contributed by atoms with Gasteiger partial charge in [0.05, 0.1) is 17.2 Å². The van der Waals surface area contributed by atoms with E-state index in [0.29, 0.717) is 27.8 Å². The van der Waals surface area contributed by atoms with Crippen molar-refractivity contribution >= 4 is 5.97 Å². The molecule has 0 spiro atoms. The maximum atomic E-state index is 13.8. The number of halogens is 1. The number of hydrogen-bond acceptors (Lipinski definition) is 3. The standard InChI is InChI=1S/C19H18FNO2/c1-12-9-15(11-21)16(10-17(12)20)13-5-7-14(8-6-13)18(22)23-19(2,3)4/h5-10H,1-4H3. The first kappa shape index (κ1) is 16.7. The summed E-state index contributed by atoms with van der Waals surface area (Å²) in [5, 5.41) is 9.22. The summed E-state index contributed by atoms with van der Waals surface area (Å²) >= 11 is 0. The third-order valence-corrected chi connectivity index (χ3v) is 3.25. The zero-order chi connectivity index (χ0) is 17.2. The second-order valence-corrected chi connectivity index (χ2v) is 6.34. The van der Waals surface area contributed by atoms with Crippen molar-refractivity contribution in [3.8, 4) is 17.2 Å². The van der Waals surface area contributed by atoms with Gasteiger partial charge in [-0.2, -0.15) is 5.26 Å². The van der Waals surface area contributed by atoms with Crippen molar-refractivity contribution in [1.29, 1.82) is 5.26 Å². The fourth-order valence-electron chi connectivity index (χ4n) is 2.14. The number of carbonyl (C=O) groups excluding carboxylic acids is 1. The average Bonchev–Trinajstić information content (AvgIpc) is 2.48. The molecule has 0 saturated carbocycles. The lowest BCUT2D eigenvalue weighted by molar-refractivity contribution is 0.00695. The summed E-state index contributed by atoms with van der Waals surface area (Å²) < 4.78 is 19.1. The number of hydrogen-bond donors (Lipinski definition) is 0. The minimum atomic E-state index is -0.566. The highest BCUT2D eigenvalue weighted by Gasteiger charge is 2.18. The maximum Gasteiger partial charge on any atom is 0.338 e. The SMILES string of the molecule is Cc1cc(C#N)c(-c2ccc(C(=O)OC(C)(C)C)cc2)cc1F. The van der Waals surface area contributed by atoms with Crippen LogP contribution in [0.4, 0.5) is 4.39 Å². The van der Waals surface area contributed by atoms with Gasteiger partial charge in [0.25, 0.3) is 0 Å². The zero-order valence-corrected chi connectivity index (χ0v) is 13.6. The Morgan fingerprint density at radius 2 is 1.78 bits per heavy atom. The quantitative estimate of drug-likeness (QED) is 0.760. The molecule has 0 fully saturated rings. The normalized spacial score (nSPS) is 11.0. The minimum absolute atomic E-state index is 0.366. The number of esters is 1. The van der Waals surface area contributed by atoms with Gasteiger partial charge >= 0.3 is 5.97 Å². The maximum absolute atomic E-state index is 13.8. The van der Waals surface area contributed by atoms with Crippen LogP contribution in [-0.4, -0.2) is 11.6 Å². The number of nitrogens with zero attached hydrogens (tertiary/aromatic N) is 1. The molecule has 0 atom stereocenters. The van der Waals surface area contributed by atoms with Crippen molar-refractivity contribution < 1.29 is 13.9 Å². The van der Waals surface area contributed by atoms with E-state index in [2.05, 4.69) is 6.07 Å². The number of carbonyl (C=O) groups is 1. The third kappa shape index (κ3) is 3.95. The van der Waals surface area contributed by atoms with Crippen molar-refractivity contribution in [2.24, 2.45) is 0 Å². The molecule has 0 amide bonds. The Morgan fingerprint density at radius 3 is 2.30 bits per heavy atom. The molecule has 0 saturated heterocycles. The number of benzene rings is 2. The fraction of sp³-hybridized carbons (Fsp3) is 0.263. The molecule has 0 heterocycles. The largest absolute Gasteiger partial charge is 0.456 e. The second kappa shape index (κ2) is 6.21. The van der Waals surface area contributed by atoms with Crippen molar-refractivity contribution in [2.45, 2.75) is 33.3 Å². The molecule has 3 nitrogen and oxygen atoms in total. The van der Waals surface area contributed by atoms with E-state index < -0.39 is 11.6 Å². The first-order chi connectivity index (χ1) is 10.7. The van der Waals surface area contributed by atoms with Gasteiger partial charge in [0.1, 0.15) is 11.4 Å². The molecule has 0 bridgehead atoms. The van der Waals surface area contributed by atoms with Crippen LogP contribution in [0, 0.1) is 24.1 Å². The van der Waals surface area contributed by atoms with Crippen LogP contribution in [0.5, 0.6) is 0 Å². The minimum Gasteiger partial charge on any atom is -0.456 e. The fourth-order valence-corrected chi connectivity index (χ4v) is 2.14. The Labute approximate surface area is 135 Å². The van der Waals surface area contributed by atoms with Gasteiger partial charge in [0, 0.05) is 5.56 Å². The van der Waals surface area contributed by atoms with Crippen LogP contribution in [-0.2, 0) is 4.74 Å². The Hall–Kier alpha value is -2.67. The molecule has 23 heavy (non-hydrogen) atoms. The summed E-state index contributed by atoms with van der Waals surface area (Å²) in [6.45, 7) is 7.01. The lowest BCUT2D eigenvalue weighted by Gasteiger charge is -2.19. The lowest BCUT2D eigenvalue weighted by atomic mass is 9.97. The summed E-state index contributed by atoms with van der Waals surface area (Å²) in [6, 6.07) is 11.5. The van der Waals surface area contributed by atoms with E-state index in [0.717, 1.165) is 0 Å². The third-order valence-electron chi connectivity index (χ3n) is 3.25. The van der Waals surface area contributed by atoms with Crippen LogP contribution in [0.1, 0.15) is 42.3 Å². The van der Waals surface area contributed by atoms with Crippen LogP contribution in [0.15, 0.2) is 36.4 Å². The molecule has 4 heteroatoms. The summed E-state index contributed by atoms with van der Waals surface area (Å²) in [6.07, 6.45) is 0. The Balaban J connectivity index is 2.36. The van der Waals surface area contributed by atoms with Gasteiger partial charge in [0.2, 0.25) is 0 Å². The monoisotopic (exact) mass is 311 g/mol. The highest BCUT2D eigenvalue weighted by molar-refractivity contribution is 5.90. The molecule has 0 aliphatic heterocycles. The van der Waals surface area contributed by atoms with Gasteiger partial charge in [-0.1, -0.05) is 12.1 Å². The van der Waals surface area contributed by atoms with Gasteiger partial charge < -0.3 is 4.74 Å². The van der Waals surface area contributed by atoms with Crippen LogP contribution in [0.3, 0.4) is 0 Å². The second-order valence-electron chi connectivity index (χ2n) is 6.34. The highest BCUT2D eigenvalue weighted by Crippen LogP contribution is 2.27. The van der Waals surface area contributed by atoms with Crippen molar-refractivity contribution in [3.63, 3.8) is 0 Å². The van der Waals surface area contributed by atoms with Gasteiger partial charge in [-0.25, -0.2) is 9.18 Å². The zero-order valence-electron chi connectivity index (χ0n) is 13.6. The van der Waals surface area contributed by atoms with E-state index >= 15 is 0 Å². The van der Waals surface area contributed by atoms with Crippen LogP contribution < -0.4 is 0 Å². The average molecular weight is 311 g/mol. The van der Waals surface area contributed by atoms with Gasteiger partial charge in [0.15, 0.2) is 0 Å². The molecular formula is C19H18FNO2. The lowest BCUT2D eigenvalue weighted by Crippen LogP contribution is -2.23. The van der Waals surface area contributed by atoms with Crippen LogP contribution in [0.2, 0.25) is 0 Å². The molecule has 0 aromatic heterocycles. The van der Waals surface area contributed by atoms with E-state index in [4.69, 9.17) is 4.74 Å². The number of rotatable bonds is 2. The molecule has 0 aliphatic rings. The molecular weight excluding hydrogens is 293 g/mol. The molecule has 0 N–H and O–H groups in total. The van der Waals surface area contributed by atoms with Crippen molar-refractivity contribution in [3.05, 3.63) is 58.9 Å². The van der Waals surface area contributed by atoms with E-state index in [9.17, 15) is 14.4 Å². The van der Waals surface area contributed by atoms with E-state index in [1.54, 1.807) is 52.0 Å². The Bertz CT molecular complexity index is 781. The topological polar surface area (TPSA) is 50.1 Å². The molecule has 0 unspecified atom stereocenters. The summed E-state index contributed by atoms with van der Waals surface area (Å²) in [7, 11) is 0. The first-order valence-electron chi connectivity index (χ1n) is 7.25. The first-order valence-corrected chi connectivity index (χ1v) is 7.25. The highest BCUT2D eigenvalue weighted by atomic mass is 19.1. The number of nitriles is 1. The van der Waals surface area contributed by atoms with Gasteiger partial charge in [-0.15, -0.1) is 0 Å². The van der Waals surface area contributed by atoms with E-state index in [1.807, 2.05) is 0 Å². The predicted octanol–water partition coefficient (Wildman–Crippen LogP) is 4.63. The number of aryl methyl sites for hydroxylation is 1. The molecule has 0 radical (unpaired) electrons. The summed E-state index contributed by atoms with van der Waals surface area (Å²) in [4.78, 5) is 12.0. The summed E-state index contributed by atoms with van der Waals surface area (Å²) in [5.74, 6) is -0.783. The molecule has 2 aromatic rings. The Morgan fingerprint density at radius 1 is 1.17 bits per heavy atom. The van der Waals surface area contributed by atoms with E-state index in [1.165, 1.54) is 12.1 Å². The van der Waals surface area contributed by atoms with Gasteiger partial charge in [-0.05, 0) is 63.1 Å².